The molecule has 2 amide bonds. The average Bonchev–Trinajstić information content (AvgIpc) is 3.70. The summed E-state index contributed by atoms with van der Waals surface area (Å²) in [7, 11) is 0. The lowest BCUT2D eigenvalue weighted by Gasteiger charge is -2.21. The molecule has 0 radical (unpaired) electrons. The van der Waals surface area contributed by atoms with Crippen LogP contribution in [0.25, 0.3) is 0 Å². The van der Waals surface area contributed by atoms with Gasteiger partial charge in [0.1, 0.15) is 5.69 Å². The number of aromatic amines is 1. The van der Waals surface area contributed by atoms with Crippen LogP contribution >= 0.6 is 0 Å². The maximum absolute atomic E-state index is 12.9. The number of nitrogens with one attached hydrogen (secondary N) is 2. The van der Waals surface area contributed by atoms with E-state index in [1.165, 1.54) is 0 Å². The molecule has 2 heterocycles. The Hall–Kier alpha value is -2.93. The van der Waals surface area contributed by atoms with Crippen molar-refractivity contribution >= 4 is 17.6 Å². The van der Waals surface area contributed by atoms with Crippen molar-refractivity contribution in [2.24, 2.45) is 0 Å². The Labute approximate surface area is 188 Å². The van der Waals surface area contributed by atoms with Crippen molar-refractivity contribution in [1.29, 1.82) is 0 Å². The molecule has 1 aliphatic heterocycles. The van der Waals surface area contributed by atoms with E-state index in [1.807, 2.05) is 29.2 Å². The predicted molar refractivity (Wildman–Crippen MR) is 121 cm³/mol. The van der Waals surface area contributed by atoms with Crippen LogP contribution < -0.4 is 5.32 Å². The Balaban J connectivity index is 1.20. The minimum atomic E-state index is -0.0218. The van der Waals surface area contributed by atoms with E-state index in [1.54, 1.807) is 12.3 Å². The second-order valence-electron chi connectivity index (χ2n) is 9.31. The van der Waals surface area contributed by atoms with Crippen molar-refractivity contribution in [1.82, 2.24) is 20.1 Å². The van der Waals surface area contributed by atoms with Gasteiger partial charge in [0.25, 0.3) is 11.8 Å². The van der Waals surface area contributed by atoms with Crippen LogP contribution in [0.5, 0.6) is 0 Å². The van der Waals surface area contributed by atoms with Gasteiger partial charge in [-0.1, -0.05) is 12.1 Å². The number of likely N-dealkylation sites (tertiary alicyclic amines) is 1. The number of rotatable bonds is 9. The number of carbonyl (C=O) groups excluding carboxylic acids is 3. The van der Waals surface area contributed by atoms with Crippen LogP contribution in [-0.4, -0.2) is 64.1 Å². The molecule has 3 aliphatic rings. The highest BCUT2D eigenvalue weighted by Crippen LogP contribution is 2.29. The number of nitrogens with zero attached hydrogens (tertiary/aromatic N) is 2. The van der Waals surface area contributed by atoms with Crippen LogP contribution in [0.2, 0.25) is 0 Å². The zero-order chi connectivity index (χ0) is 22.1. The number of Topliss-reactive ketones (excluding diaryl/α,β-unsaturated/α-hetero) is 1. The third kappa shape index (κ3) is 4.93. The summed E-state index contributed by atoms with van der Waals surface area (Å²) in [6, 6.07) is 10.1. The van der Waals surface area contributed by atoms with Crippen LogP contribution in [0.15, 0.2) is 36.5 Å². The van der Waals surface area contributed by atoms with Crippen molar-refractivity contribution in [2.45, 2.75) is 57.2 Å². The molecule has 3 fully saturated rings. The summed E-state index contributed by atoms with van der Waals surface area (Å²) in [6.07, 6.45) is 8.08. The molecule has 32 heavy (non-hydrogen) atoms. The van der Waals surface area contributed by atoms with Gasteiger partial charge >= 0.3 is 0 Å². The van der Waals surface area contributed by atoms with Gasteiger partial charge in [0.05, 0.1) is 6.54 Å². The average molecular weight is 435 g/mol. The topological polar surface area (TPSA) is 85.5 Å². The number of aromatic nitrogens is 1. The molecule has 0 spiro atoms. The minimum Gasteiger partial charge on any atom is -0.356 e. The summed E-state index contributed by atoms with van der Waals surface area (Å²) >= 11 is 0. The molecular weight excluding hydrogens is 404 g/mol. The van der Waals surface area contributed by atoms with Gasteiger partial charge in [-0.3, -0.25) is 19.3 Å². The Bertz CT molecular complexity index is 998. The molecule has 2 N–H and O–H groups in total. The standard InChI is InChI=1S/C25H30N4O3/c30-23(19-13-22(26-14-19)25(32)28-11-1-2-12-28)16-29(21-9-10-21)15-17-3-5-18(6-4-17)24(31)27-20-7-8-20/h3-6,13-14,20-21,26H,1-2,7-12,15-16H2,(H,27,31). The normalized spacial score (nSPS) is 18.2. The second-order valence-corrected chi connectivity index (χ2v) is 9.31. The molecule has 168 valence electrons. The van der Waals surface area contributed by atoms with E-state index in [4.69, 9.17) is 0 Å². The monoisotopic (exact) mass is 434 g/mol. The van der Waals surface area contributed by atoms with Gasteiger partial charge in [0, 0.05) is 49.0 Å². The molecule has 2 aliphatic carbocycles. The Morgan fingerprint density at radius 2 is 1.72 bits per heavy atom. The predicted octanol–water partition coefficient (Wildman–Crippen LogP) is 2.99. The largest absolute Gasteiger partial charge is 0.356 e. The highest BCUT2D eigenvalue weighted by molar-refractivity contribution is 6.01. The number of hydrogen-bond acceptors (Lipinski definition) is 4. The molecule has 1 aromatic heterocycles. The van der Waals surface area contributed by atoms with Gasteiger partial charge in [-0.25, -0.2) is 0 Å². The summed E-state index contributed by atoms with van der Waals surface area (Å²) in [4.78, 5) is 44.7. The highest BCUT2D eigenvalue weighted by Gasteiger charge is 2.31. The SMILES string of the molecule is O=C(CN(Cc1ccc(C(=O)NC2CC2)cc1)C1CC1)c1c[nH]c(C(=O)N2CCCC2)c1. The molecule has 0 bridgehead atoms. The van der Waals surface area contributed by atoms with Crippen molar-refractivity contribution < 1.29 is 14.4 Å². The lowest BCUT2D eigenvalue weighted by Crippen LogP contribution is -2.31. The zero-order valence-electron chi connectivity index (χ0n) is 18.3. The fourth-order valence-corrected chi connectivity index (χ4v) is 4.29. The molecule has 5 rings (SSSR count). The van der Waals surface area contributed by atoms with Crippen LogP contribution in [0, 0.1) is 0 Å². The maximum atomic E-state index is 12.9. The van der Waals surface area contributed by atoms with E-state index in [0.717, 1.165) is 57.2 Å². The van der Waals surface area contributed by atoms with E-state index in [0.29, 0.717) is 42.0 Å². The Morgan fingerprint density at radius 1 is 1.00 bits per heavy atom. The van der Waals surface area contributed by atoms with Crippen molar-refractivity contribution in [3.05, 3.63) is 58.9 Å². The third-order valence-corrected chi connectivity index (χ3v) is 6.55. The lowest BCUT2D eigenvalue weighted by atomic mass is 10.1. The lowest BCUT2D eigenvalue weighted by molar-refractivity contribution is 0.0787. The van der Waals surface area contributed by atoms with Gasteiger partial charge < -0.3 is 15.2 Å². The van der Waals surface area contributed by atoms with Crippen LogP contribution in [-0.2, 0) is 6.54 Å². The summed E-state index contributed by atoms with van der Waals surface area (Å²) in [5.41, 5.74) is 2.82. The smallest absolute Gasteiger partial charge is 0.270 e. The minimum absolute atomic E-state index is 0.0139. The fourth-order valence-electron chi connectivity index (χ4n) is 4.29. The molecule has 1 saturated heterocycles. The fraction of sp³-hybridized carbons (Fsp3) is 0.480. The van der Waals surface area contributed by atoms with Gasteiger partial charge in [0.2, 0.25) is 0 Å². The summed E-state index contributed by atoms with van der Waals surface area (Å²) in [6.45, 7) is 2.57. The van der Waals surface area contributed by atoms with Gasteiger partial charge in [-0.2, -0.15) is 0 Å². The van der Waals surface area contributed by atoms with E-state index >= 15 is 0 Å². The molecular formula is C25H30N4O3. The molecule has 7 heteroatoms. The summed E-state index contributed by atoms with van der Waals surface area (Å²) in [5.74, 6) is -0.0134. The van der Waals surface area contributed by atoms with Gasteiger partial charge in [0.15, 0.2) is 5.78 Å². The summed E-state index contributed by atoms with van der Waals surface area (Å²) in [5, 5.41) is 3.01. The number of amides is 2. The van der Waals surface area contributed by atoms with Crippen LogP contribution in [0.1, 0.15) is 75.3 Å². The van der Waals surface area contributed by atoms with Crippen molar-refractivity contribution in [3.63, 3.8) is 0 Å². The first-order chi connectivity index (χ1) is 15.6. The van der Waals surface area contributed by atoms with Gasteiger partial charge in [-0.15, -0.1) is 0 Å². The highest BCUT2D eigenvalue weighted by atomic mass is 16.2. The third-order valence-electron chi connectivity index (χ3n) is 6.55. The van der Waals surface area contributed by atoms with E-state index in [-0.39, 0.29) is 17.6 Å². The summed E-state index contributed by atoms with van der Waals surface area (Å²) < 4.78 is 0. The molecule has 7 nitrogen and oxygen atoms in total. The molecule has 2 saturated carbocycles. The number of H-pyrrole nitrogens is 1. The van der Waals surface area contributed by atoms with E-state index in [2.05, 4.69) is 15.2 Å². The maximum Gasteiger partial charge on any atom is 0.270 e. The molecule has 0 atom stereocenters. The number of carbonyl (C=O) groups is 3. The number of ketones is 1. The first kappa shape index (κ1) is 20.9. The van der Waals surface area contributed by atoms with Crippen LogP contribution in [0.3, 0.4) is 0 Å². The van der Waals surface area contributed by atoms with E-state index in [9.17, 15) is 14.4 Å². The first-order valence-electron chi connectivity index (χ1n) is 11.7. The number of hydrogen-bond donors (Lipinski definition) is 2. The Morgan fingerprint density at radius 3 is 2.38 bits per heavy atom. The zero-order valence-corrected chi connectivity index (χ0v) is 18.3. The van der Waals surface area contributed by atoms with Crippen molar-refractivity contribution in [3.8, 4) is 0 Å². The number of benzene rings is 1. The second kappa shape index (κ2) is 8.90. The molecule has 0 unspecified atom stereocenters. The molecule has 1 aromatic carbocycles. The quantitative estimate of drug-likeness (QED) is 0.594. The van der Waals surface area contributed by atoms with Gasteiger partial charge in [-0.05, 0) is 62.3 Å². The molecule has 2 aromatic rings. The van der Waals surface area contributed by atoms with E-state index < -0.39 is 0 Å². The Kier molecular flexibility index (Phi) is 5.83. The first-order valence-corrected chi connectivity index (χ1v) is 11.7. The van der Waals surface area contributed by atoms with Crippen LogP contribution in [0.4, 0.5) is 0 Å². The van der Waals surface area contributed by atoms with Crippen molar-refractivity contribution in [2.75, 3.05) is 19.6 Å².